The van der Waals surface area contributed by atoms with Gasteiger partial charge in [-0.1, -0.05) is 29.8 Å². The van der Waals surface area contributed by atoms with Crippen LogP contribution in [0.5, 0.6) is 0 Å². The highest BCUT2D eigenvalue weighted by atomic mass is 35.5. The number of amides is 1. The Morgan fingerprint density at radius 3 is 2.55 bits per heavy atom. The molecule has 0 radical (unpaired) electrons. The maximum absolute atomic E-state index is 12.8. The molecule has 0 saturated carbocycles. The maximum Gasteiger partial charge on any atom is 0.417 e. The van der Waals surface area contributed by atoms with Crippen molar-refractivity contribution in [2.45, 2.75) is 29.7 Å². The molecule has 1 unspecified atom stereocenters. The van der Waals surface area contributed by atoms with Crippen molar-refractivity contribution in [1.29, 1.82) is 0 Å². The number of carbonyl (C=O) groups excluding carboxylic acids is 1. The molecule has 9 heteroatoms. The van der Waals surface area contributed by atoms with Crippen LogP contribution in [0.4, 0.5) is 19.0 Å². The molecule has 1 fully saturated rings. The minimum absolute atomic E-state index is 0.0346. The number of thioether (sulfide) groups is 1. The molecule has 2 heterocycles. The minimum atomic E-state index is -4.48. The summed E-state index contributed by atoms with van der Waals surface area (Å²) in [4.78, 5) is 21.5. The van der Waals surface area contributed by atoms with Gasteiger partial charge in [0.2, 0.25) is 5.91 Å². The number of pyridine rings is 1. The van der Waals surface area contributed by atoms with Crippen LogP contribution in [0, 0.1) is 0 Å². The molecule has 3 rings (SSSR count). The van der Waals surface area contributed by atoms with Crippen LogP contribution in [0.1, 0.15) is 18.9 Å². The summed E-state index contributed by atoms with van der Waals surface area (Å²) in [5, 5.41) is -0.260. The van der Waals surface area contributed by atoms with Crippen molar-refractivity contribution in [1.82, 2.24) is 9.88 Å². The molecular formula is C20H21ClF3N3OS. The first-order valence-electron chi connectivity index (χ1n) is 9.24. The van der Waals surface area contributed by atoms with Crippen LogP contribution in [0.3, 0.4) is 0 Å². The van der Waals surface area contributed by atoms with Crippen LogP contribution in [-0.2, 0) is 11.0 Å². The zero-order valence-corrected chi connectivity index (χ0v) is 17.4. The lowest BCUT2D eigenvalue weighted by Gasteiger charge is -2.25. The van der Waals surface area contributed by atoms with Crippen LogP contribution >= 0.6 is 23.4 Å². The van der Waals surface area contributed by atoms with Gasteiger partial charge in [0.15, 0.2) is 0 Å². The van der Waals surface area contributed by atoms with E-state index in [-0.39, 0.29) is 16.2 Å². The lowest BCUT2D eigenvalue weighted by molar-refractivity contribution is -0.137. The van der Waals surface area contributed by atoms with Crippen molar-refractivity contribution in [3.05, 3.63) is 53.2 Å². The predicted octanol–water partition coefficient (Wildman–Crippen LogP) is 4.97. The van der Waals surface area contributed by atoms with Crippen LogP contribution < -0.4 is 4.90 Å². The summed E-state index contributed by atoms with van der Waals surface area (Å²) >= 11 is 7.58. The third-order valence-corrected chi connectivity index (χ3v) is 6.04. The fraction of sp³-hybridized carbons (Fsp3) is 0.400. The van der Waals surface area contributed by atoms with Gasteiger partial charge < -0.3 is 9.80 Å². The van der Waals surface area contributed by atoms with Gasteiger partial charge in [0, 0.05) is 37.3 Å². The summed E-state index contributed by atoms with van der Waals surface area (Å²) in [6.07, 6.45) is -3.00. The van der Waals surface area contributed by atoms with Gasteiger partial charge in [-0.3, -0.25) is 4.79 Å². The lowest BCUT2D eigenvalue weighted by Crippen LogP contribution is -2.39. The Labute approximate surface area is 177 Å². The van der Waals surface area contributed by atoms with E-state index in [2.05, 4.69) is 4.98 Å². The quantitative estimate of drug-likeness (QED) is 0.625. The highest BCUT2D eigenvalue weighted by Gasteiger charge is 2.32. The number of halogens is 4. The van der Waals surface area contributed by atoms with Crippen LogP contribution in [0.2, 0.25) is 5.02 Å². The number of benzene rings is 1. The summed E-state index contributed by atoms with van der Waals surface area (Å²) < 4.78 is 38.5. The second-order valence-corrected chi connectivity index (χ2v) is 8.59. The van der Waals surface area contributed by atoms with E-state index in [4.69, 9.17) is 11.6 Å². The molecule has 4 nitrogen and oxygen atoms in total. The second-order valence-electron chi connectivity index (χ2n) is 6.77. The Balaban J connectivity index is 1.63. The van der Waals surface area contributed by atoms with Crippen molar-refractivity contribution in [2.24, 2.45) is 0 Å². The Bertz CT molecular complexity index is 851. The smallest absolute Gasteiger partial charge is 0.354 e. The molecule has 0 spiro atoms. The topological polar surface area (TPSA) is 36.4 Å². The maximum atomic E-state index is 12.8. The predicted molar refractivity (Wildman–Crippen MR) is 109 cm³/mol. The molecule has 0 bridgehead atoms. The van der Waals surface area contributed by atoms with Crippen molar-refractivity contribution < 1.29 is 18.0 Å². The molecule has 2 aromatic rings. The molecular weight excluding hydrogens is 423 g/mol. The third-order valence-electron chi connectivity index (χ3n) is 4.66. The van der Waals surface area contributed by atoms with Gasteiger partial charge >= 0.3 is 6.18 Å². The summed E-state index contributed by atoms with van der Waals surface area (Å²) in [6.45, 7) is 3.98. The molecule has 1 aromatic heterocycles. The van der Waals surface area contributed by atoms with E-state index in [1.54, 1.807) is 4.90 Å². The van der Waals surface area contributed by atoms with Gasteiger partial charge in [0.05, 0.1) is 15.8 Å². The van der Waals surface area contributed by atoms with Gasteiger partial charge in [-0.15, -0.1) is 11.8 Å². The first-order valence-corrected chi connectivity index (χ1v) is 10.5. The SMILES string of the molecule is CC(Sc1ccccc1)C(=O)N1CCCN(c2ncc(C(F)(F)F)cc2Cl)CC1. The molecule has 1 aliphatic rings. The van der Waals surface area contributed by atoms with E-state index in [9.17, 15) is 18.0 Å². The fourth-order valence-corrected chi connectivity index (χ4v) is 4.44. The molecule has 0 aliphatic carbocycles. The van der Waals surface area contributed by atoms with Crippen LogP contribution in [0.25, 0.3) is 0 Å². The Morgan fingerprint density at radius 2 is 1.90 bits per heavy atom. The molecule has 1 saturated heterocycles. The highest BCUT2D eigenvalue weighted by molar-refractivity contribution is 8.00. The number of hydrogen-bond acceptors (Lipinski definition) is 4. The van der Waals surface area contributed by atoms with Crippen LogP contribution in [0.15, 0.2) is 47.5 Å². The summed E-state index contributed by atoms with van der Waals surface area (Å²) in [6, 6.07) is 10.6. The van der Waals surface area contributed by atoms with E-state index < -0.39 is 11.7 Å². The average molecular weight is 444 g/mol. The van der Waals surface area contributed by atoms with Crippen molar-refractivity contribution >= 4 is 35.1 Å². The van der Waals surface area contributed by atoms with E-state index in [0.29, 0.717) is 38.4 Å². The van der Waals surface area contributed by atoms with Crippen molar-refractivity contribution in [2.75, 3.05) is 31.1 Å². The minimum Gasteiger partial charge on any atom is -0.354 e. The van der Waals surface area contributed by atoms with E-state index in [0.717, 1.165) is 17.2 Å². The van der Waals surface area contributed by atoms with E-state index in [1.165, 1.54) is 11.8 Å². The molecule has 1 amide bonds. The van der Waals surface area contributed by atoms with Gasteiger partial charge in [0.25, 0.3) is 0 Å². The Hall–Kier alpha value is -1.93. The number of nitrogens with zero attached hydrogens (tertiary/aromatic N) is 3. The van der Waals surface area contributed by atoms with Gasteiger partial charge in [-0.25, -0.2) is 4.98 Å². The van der Waals surface area contributed by atoms with Crippen LogP contribution in [-0.4, -0.2) is 47.2 Å². The lowest BCUT2D eigenvalue weighted by atomic mass is 10.2. The summed E-state index contributed by atoms with van der Waals surface area (Å²) in [5.74, 6) is 0.368. The van der Waals surface area contributed by atoms with Crippen molar-refractivity contribution in [3.63, 3.8) is 0 Å². The van der Waals surface area contributed by atoms with Gasteiger partial charge in [-0.2, -0.15) is 13.2 Å². The number of anilines is 1. The molecule has 1 aromatic carbocycles. The number of aromatic nitrogens is 1. The molecule has 29 heavy (non-hydrogen) atoms. The van der Waals surface area contributed by atoms with E-state index >= 15 is 0 Å². The molecule has 1 atom stereocenters. The average Bonchev–Trinajstić information content (AvgIpc) is 2.93. The summed E-state index contributed by atoms with van der Waals surface area (Å²) in [5.41, 5.74) is -0.871. The standard InChI is InChI=1S/C20H21ClF3N3OS/c1-14(29-16-6-3-2-4-7-16)19(28)27-9-5-8-26(10-11-27)18-17(21)12-15(13-25-18)20(22,23)24/h2-4,6-7,12-14H,5,8-11H2,1H3. The number of carbonyl (C=O) groups is 1. The molecule has 1 aliphatic heterocycles. The number of rotatable bonds is 4. The zero-order valence-electron chi connectivity index (χ0n) is 15.8. The normalized spacial score (nSPS) is 16.4. The number of alkyl halides is 3. The first kappa shape index (κ1) is 21.8. The Morgan fingerprint density at radius 1 is 1.17 bits per heavy atom. The zero-order chi connectivity index (χ0) is 21.0. The molecule has 156 valence electrons. The number of hydrogen-bond donors (Lipinski definition) is 0. The highest BCUT2D eigenvalue weighted by Crippen LogP contribution is 2.34. The largest absolute Gasteiger partial charge is 0.417 e. The fourth-order valence-electron chi connectivity index (χ4n) is 3.18. The first-order chi connectivity index (χ1) is 13.8. The summed E-state index contributed by atoms with van der Waals surface area (Å²) in [7, 11) is 0. The van der Waals surface area contributed by atoms with E-state index in [1.807, 2.05) is 42.2 Å². The second kappa shape index (κ2) is 9.26. The Kier molecular flexibility index (Phi) is 6.95. The van der Waals surface area contributed by atoms with Crippen molar-refractivity contribution in [3.8, 4) is 0 Å². The molecule has 0 N–H and O–H groups in total. The van der Waals surface area contributed by atoms with Gasteiger partial charge in [-0.05, 0) is 31.5 Å². The third kappa shape index (κ3) is 5.57. The monoisotopic (exact) mass is 443 g/mol. The van der Waals surface area contributed by atoms with Gasteiger partial charge in [0.1, 0.15) is 5.82 Å².